The Morgan fingerprint density at radius 1 is 1.53 bits per heavy atom. The number of hydrogen-bond donors (Lipinski definition) is 2. The van der Waals surface area contributed by atoms with E-state index in [4.69, 9.17) is 0 Å². The van der Waals surface area contributed by atoms with E-state index in [0.717, 1.165) is 12.0 Å². The lowest BCUT2D eigenvalue weighted by atomic mass is 10.0. The van der Waals surface area contributed by atoms with E-state index < -0.39 is 0 Å². The summed E-state index contributed by atoms with van der Waals surface area (Å²) in [6.45, 7) is 0.684. The fourth-order valence-corrected chi connectivity index (χ4v) is 1.90. The number of carbonyl (C=O) groups is 1. The van der Waals surface area contributed by atoms with Crippen molar-refractivity contribution in [3.8, 4) is 5.75 Å². The Bertz CT molecular complexity index is 379. The van der Waals surface area contributed by atoms with Gasteiger partial charge < -0.3 is 15.3 Å². The van der Waals surface area contributed by atoms with Gasteiger partial charge in [0.15, 0.2) is 0 Å². The highest BCUT2D eigenvalue weighted by Crippen LogP contribution is 2.27. The summed E-state index contributed by atoms with van der Waals surface area (Å²) < 4.78 is 0. The van der Waals surface area contributed by atoms with Crippen molar-refractivity contribution in [3.63, 3.8) is 0 Å². The van der Waals surface area contributed by atoms with E-state index in [1.54, 1.807) is 30.1 Å². The van der Waals surface area contributed by atoms with E-state index in [9.17, 15) is 9.90 Å². The van der Waals surface area contributed by atoms with Crippen LogP contribution in [0.25, 0.3) is 0 Å². The number of urea groups is 1. The van der Waals surface area contributed by atoms with Crippen LogP contribution in [-0.4, -0.2) is 29.6 Å². The number of amides is 2. The van der Waals surface area contributed by atoms with Gasteiger partial charge in [0, 0.05) is 13.6 Å². The molecule has 1 saturated heterocycles. The molecule has 2 rings (SSSR count). The zero-order chi connectivity index (χ0) is 10.8. The Kier molecular flexibility index (Phi) is 2.49. The van der Waals surface area contributed by atoms with Crippen LogP contribution >= 0.6 is 0 Å². The molecule has 1 aromatic carbocycles. The van der Waals surface area contributed by atoms with Gasteiger partial charge in [-0.2, -0.15) is 0 Å². The van der Waals surface area contributed by atoms with Gasteiger partial charge in [0.1, 0.15) is 5.75 Å². The molecule has 1 heterocycles. The number of phenols is 1. The van der Waals surface area contributed by atoms with Crippen LogP contribution in [0.1, 0.15) is 18.0 Å². The molecule has 2 N–H and O–H groups in total. The number of benzene rings is 1. The molecule has 80 valence electrons. The van der Waals surface area contributed by atoms with Gasteiger partial charge in [0.2, 0.25) is 0 Å². The Labute approximate surface area is 88.5 Å². The molecule has 4 heteroatoms. The van der Waals surface area contributed by atoms with Gasteiger partial charge in [-0.3, -0.25) is 0 Å². The molecular formula is C11H14N2O2. The molecular weight excluding hydrogens is 192 g/mol. The highest BCUT2D eigenvalue weighted by Gasteiger charge is 2.25. The molecule has 0 bridgehead atoms. The largest absolute Gasteiger partial charge is 0.508 e. The van der Waals surface area contributed by atoms with Crippen LogP contribution in [0.3, 0.4) is 0 Å². The number of nitrogens with zero attached hydrogens (tertiary/aromatic N) is 1. The molecule has 15 heavy (non-hydrogen) atoms. The van der Waals surface area contributed by atoms with Crippen molar-refractivity contribution >= 4 is 6.03 Å². The van der Waals surface area contributed by atoms with Crippen LogP contribution in [-0.2, 0) is 0 Å². The third kappa shape index (κ3) is 1.88. The molecule has 1 aliphatic rings. The molecule has 0 aliphatic carbocycles. The predicted octanol–water partition coefficient (Wildman–Crippen LogP) is 1.48. The van der Waals surface area contributed by atoms with E-state index in [1.807, 2.05) is 6.07 Å². The molecule has 0 saturated carbocycles. The van der Waals surface area contributed by atoms with Gasteiger partial charge in [0.05, 0.1) is 6.04 Å². The summed E-state index contributed by atoms with van der Waals surface area (Å²) in [4.78, 5) is 13.1. The van der Waals surface area contributed by atoms with Crippen molar-refractivity contribution in [2.75, 3.05) is 13.6 Å². The van der Waals surface area contributed by atoms with Crippen molar-refractivity contribution < 1.29 is 9.90 Å². The molecule has 1 unspecified atom stereocenters. The minimum Gasteiger partial charge on any atom is -0.508 e. The first-order valence-corrected chi connectivity index (χ1v) is 4.98. The van der Waals surface area contributed by atoms with Gasteiger partial charge >= 0.3 is 6.03 Å². The second-order valence-corrected chi connectivity index (χ2v) is 3.74. The molecule has 0 spiro atoms. The first-order chi connectivity index (χ1) is 7.18. The predicted molar refractivity (Wildman–Crippen MR) is 56.6 cm³/mol. The quantitative estimate of drug-likeness (QED) is 0.731. The highest BCUT2D eigenvalue weighted by molar-refractivity contribution is 5.75. The lowest BCUT2D eigenvalue weighted by Crippen LogP contribution is -2.45. The lowest BCUT2D eigenvalue weighted by Gasteiger charge is -2.33. The highest BCUT2D eigenvalue weighted by atomic mass is 16.3. The monoisotopic (exact) mass is 206 g/mol. The molecule has 1 atom stereocenters. The van der Waals surface area contributed by atoms with Gasteiger partial charge in [-0.25, -0.2) is 4.79 Å². The van der Waals surface area contributed by atoms with E-state index in [1.165, 1.54) is 0 Å². The second kappa shape index (κ2) is 3.81. The van der Waals surface area contributed by atoms with Crippen molar-refractivity contribution in [3.05, 3.63) is 29.8 Å². The number of rotatable bonds is 1. The number of nitrogens with one attached hydrogen (secondary N) is 1. The van der Waals surface area contributed by atoms with Crippen LogP contribution in [0.4, 0.5) is 4.79 Å². The fraction of sp³-hybridized carbons (Fsp3) is 0.364. The number of carbonyl (C=O) groups excluding carboxylic acids is 1. The summed E-state index contributed by atoms with van der Waals surface area (Å²) >= 11 is 0. The zero-order valence-electron chi connectivity index (χ0n) is 8.60. The van der Waals surface area contributed by atoms with E-state index in [0.29, 0.717) is 6.54 Å². The Hall–Kier alpha value is -1.71. The standard InChI is InChI=1S/C11H14N2O2/c1-13-10(5-6-12-11(13)15)8-3-2-4-9(14)7-8/h2-4,7,10,14H,5-6H2,1H3,(H,12,15). The number of hydrogen-bond acceptors (Lipinski definition) is 2. The first-order valence-electron chi connectivity index (χ1n) is 4.98. The summed E-state index contributed by atoms with van der Waals surface area (Å²) in [5, 5.41) is 12.1. The van der Waals surface area contributed by atoms with Crippen LogP contribution < -0.4 is 5.32 Å². The van der Waals surface area contributed by atoms with Crippen LogP contribution in [0.15, 0.2) is 24.3 Å². The van der Waals surface area contributed by atoms with Gasteiger partial charge in [-0.1, -0.05) is 12.1 Å². The SMILES string of the molecule is CN1C(=O)NCCC1c1cccc(O)c1. The minimum absolute atomic E-state index is 0.0606. The maximum atomic E-state index is 11.4. The molecule has 2 amide bonds. The van der Waals surface area contributed by atoms with E-state index in [2.05, 4.69) is 5.32 Å². The average molecular weight is 206 g/mol. The smallest absolute Gasteiger partial charge is 0.317 e. The molecule has 0 radical (unpaired) electrons. The number of phenolic OH excluding ortho intramolecular Hbond substituents is 1. The van der Waals surface area contributed by atoms with Crippen molar-refractivity contribution in [1.29, 1.82) is 0 Å². The van der Waals surface area contributed by atoms with Gasteiger partial charge in [0.25, 0.3) is 0 Å². The van der Waals surface area contributed by atoms with Crippen molar-refractivity contribution in [1.82, 2.24) is 10.2 Å². The molecule has 1 aromatic rings. The van der Waals surface area contributed by atoms with Gasteiger partial charge in [-0.15, -0.1) is 0 Å². The van der Waals surface area contributed by atoms with Crippen LogP contribution in [0.2, 0.25) is 0 Å². The summed E-state index contributed by atoms with van der Waals surface area (Å²) in [7, 11) is 1.77. The van der Waals surface area contributed by atoms with Crippen LogP contribution in [0.5, 0.6) is 5.75 Å². The van der Waals surface area contributed by atoms with E-state index in [-0.39, 0.29) is 17.8 Å². The normalized spacial score (nSPS) is 21.3. The van der Waals surface area contributed by atoms with Gasteiger partial charge in [-0.05, 0) is 24.1 Å². The Morgan fingerprint density at radius 3 is 3.07 bits per heavy atom. The molecule has 0 aromatic heterocycles. The third-order valence-electron chi connectivity index (χ3n) is 2.74. The molecule has 1 aliphatic heterocycles. The van der Waals surface area contributed by atoms with Crippen LogP contribution in [0, 0.1) is 0 Å². The third-order valence-corrected chi connectivity index (χ3v) is 2.74. The summed E-state index contributed by atoms with van der Waals surface area (Å²) in [5.74, 6) is 0.242. The summed E-state index contributed by atoms with van der Waals surface area (Å²) in [6.07, 6.45) is 0.867. The zero-order valence-corrected chi connectivity index (χ0v) is 8.60. The first kappa shape index (κ1) is 9.83. The molecule has 4 nitrogen and oxygen atoms in total. The maximum Gasteiger partial charge on any atom is 0.317 e. The fourth-order valence-electron chi connectivity index (χ4n) is 1.90. The lowest BCUT2D eigenvalue weighted by molar-refractivity contribution is 0.172. The van der Waals surface area contributed by atoms with E-state index >= 15 is 0 Å². The number of aromatic hydroxyl groups is 1. The maximum absolute atomic E-state index is 11.4. The average Bonchev–Trinajstić information content (AvgIpc) is 2.22. The topological polar surface area (TPSA) is 52.6 Å². The Balaban J connectivity index is 2.26. The Morgan fingerprint density at radius 2 is 2.33 bits per heavy atom. The minimum atomic E-state index is -0.0606. The summed E-state index contributed by atoms with van der Waals surface area (Å²) in [5.41, 5.74) is 0.979. The molecule has 1 fully saturated rings. The van der Waals surface area contributed by atoms with Crippen molar-refractivity contribution in [2.24, 2.45) is 0 Å². The summed E-state index contributed by atoms with van der Waals surface area (Å²) in [6, 6.07) is 7.07. The van der Waals surface area contributed by atoms with Crippen molar-refractivity contribution in [2.45, 2.75) is 12.5 Å². The second-order valence-electron chi connectivity index (χ2n) is 3.74.